The molecule has 0 saturated heterocycles. The van der Waals surface area contributed by atoms with Crippen molar-refractivity contribution < 1.29 is 0 Å². The van der Waals surface area contributed by atoms with Gasteiger partial charge in [0, 0.05) is 0 Å². The van der Waals surface area contributed by atoms with Gasteiger partial charge in [-0.3, -0.25) is 0 Å². The van der Waals surface area contributed by atoms with Crippen molar-refractivity contribution in [3.63, 3.8) is 0 Å². The minimum absolute atomic E-state index is 1.07. The molecule has 1 aromatic rings. The smallest absolute Gasteiger partial charge is 0.00857 e. The molecule has 0 heterocycles. The van der Waals surface area contributed by atoms with E-state index in [9.17, 15) is 0 Å². The van der Waals surface area contributed by atoms with Crippen molar-refractivity contribution in [2.45, 2.75) is 20.3 Å². The molecule has 0 N–H and O–H groups in total. The SMILES string of the molecule is CC1=CCc2ccccc2C=C1C. The molecule has 0 saturated carbocycles. The van der Waals surface area contributed by atoms with E-state index in [1.807, 2.05) is 0 Å². The fourth-order valence-corrected chi connectivity index (χ4v) is 1.63. The van der Waals surface area contributed by atoms with Crippen molar-refractivity contribution in [1.82, 2.24) is 0 Å². The van der Waals surface area contributed by atoms with E-state index >= 15 is 0 Å². The van der Waals surface area contributed by atoms with Crippen LogP contribution in [0.3, 0.4) is 0 Å². The monoisotopic (exact) mass is 170 g/mol. The average molecular weight is 170 g/mol. The molecule has 0 atom stereocenters. The van der Waals surface area contributed by atoms with Crippen LogP contribution in [0, 0.1) is 0 Å². The predicted octanol–water partition coefficient (Wildman–Crippen LogP) is 3.59. The van der Waals surface area contributed by atoms with Gasteiger partial charge in [0.1, 0.15) is 0 Å². The molecule has 0 aliphatic heterocycles. The molecule has 0 aromatic heterocycles. The molecule has 66 valence electrons. The van der Waals surface area contributed by atoms with Crippen LogP contribution < -0.4 is 0 Å². The Morgan fingerprint density at radius 2 is 1.77 bits per heavy atom. The van der Waals surface area contributed by atoms with Gasteiger partial charge in [-0.25, -0.2) is 0 Å². The second-order valence-electron chi connectivity index (χ2n) is 3.62. The van der Waals surface area contributed by atoms with E-state index in [0.717, 1.165) is 6.42 Å². The fourth-order valence-electron chi connectivity index (χ4n) is 1.63. The van der Waals surface area contributed by atoms with Crippen molar-refractivity contribution in [3.8, 4) is 0 Å². The Kier molecular flexibility index (Phi) is 2.05. The normalized spacial score (nSPS) is 15.5. The lowest BCUT2D eigenvalue weighted by molar-refractivity contribution is 1.23. The van der Waals surface area contributed by atoms with Gasteiger partial charge in [-0.2, -0.15) is 0 Å². The molecule has 1 aromatic carbocycles. The van der Waals surface area contributed by atoms with Crippen LogP contribution in [-0.2, 0) is 6.42 Å². The molecule has 0 radical (unpaired) electrons. The maximum atomic E-state index is 2.30. The summed E-state index contributed by atoms with van der Waals surface area (Å²) in [5.74, 6) is 0. The Morgan fingerprint density at radius 3 is 2.62 bits per heavy atom. The number of benzene rings is 1. The first kappa shape index (κ1) is 8.31. The lowest BCUT2D eigenvalue weighted by atomic mass is 10.1. The Hall–Kier alpha value is -1.30. The zero-order chi connectivity index (χ0) is 9.26. The third kappa shape index (κ3) is 1.57. The molecule has 0 nitrogen and oxygen atoms in total. The predicted molar refractivity (Wildman–Crippen MR) is 57.6 cm³/mol. The lowest BCUT2D eigenvalue weighted by Crippen LogP contribution is -1.83. The van der Waals surface area contributed by atoms with Gasteiger partial charge in [-0.15, -0.1) is 0 Å². The van der Waals surface area contributed by atoms with Crippen LogP contribution in [0.1, 0.15) is 25.0 Å². The van der Waals surface area contributed by atoms with Crippen molar-refractivity contribution in [2.24, 2.45) is 0 Å². The summed E-state index contributed by atoms with van der Waals surface area (Å²) in [5.41, 5.74) is 5.58. The minimum Gasteiger partial charge on any atom is -0.0769 e. The van der Waals surface area contributed by atoms with Crippen LogP contribution in [0.25, 0.3) is 6.08 Å². The third-order valence-electron chi connectivity index (χ3n) is 2.68. The van der Waals surface area contributed by atoms with Gasteiger partial charge >= 0.3 is 0 Å². The van der Waals surface area contributed by atoms with E-state index in [0.29, 0.717) is 0 Å². The molecular weight excluding hydrogens is 156 g/mol. The summed E-state index contributed by atoms with van der Waals surface area (Å²) in [6.45, 7) is 4.35. The van der Waals surface area contributed by atoms with Gasteiger partial charge in [-0.1, -0.05) is 42.0 Å². The molecule has 2 rings (SSSR count). The topological polar surface area (TPSA) is 0 Å². The van der Waals surface area contributed by atoms with Gasteiger partial charge < -0.3 is 0 Å². The number of hydrogen-bond donors (Lipinski definition) is 0. The van der Waals surface area contributed by atoms with Gasteiger partial charge in [0.2, 0.25) is 0 Å². The molecule has 0 spiro atoms. The molecular formula is C13H14. The fraction of sp³-hybridized carbons (Fsp3) is 0.231. The zero-order valence-electron chi connectivity index (χ0n) is 8.17. The Balaban J connectivity index is 2.54. The molecule has 0 fully saturated rings. The summed E-state index contributed by atoms with van der Waals surface area (Å²) in [4.78, 5) is 0. The van der Waals surface area contributed by atoms with E-state index in [4.69, 9.17) is 0 Å². The molecule has 0 heteroatoms. The molecule has 1 aliphatic rings. The van der Waals surface area contributed by atoms with E-state index in [-0.39, 0.29) is 0 Å². The minimum atomic E-state index is 1.07. The number of rotatable bonds is 0. The first-order valence-electron chi connectivity index (χ1n) is 4.71. The summed E-state index contributed by atoms with van der Waals surface area (Å²) in [6.07, 6.45) is 5.64. The van der Waals surface area contributed by atoms with Crippen LogP contribution in [-0.4, -0.2) is 0 Å². The molecule has 13 heavy (non-hydrogen) atoms. The van der Waals surface area contributed by atoms with Crippen LogP contribution in [0.15, 0.2) is 41.5 Å². The summed E-state index contributed by atoms with van der Waals surface area (Å²) < 4.78 is 0. The maximum absolute atomic E-state index is 2.30. The van der Waals surface area contributed by atoms with Gasteiger partial charge in [0.25, 0.3) is 0 Å². The summed E-state index contributed by atoms with van der Waals surface area (Å²) in [5, 5.41) is 0. The lowest BCUT2D eigenvalue weighted by Gasteiger charge is -2.00. The Bertz CT molecular complexity index is 381. The highest BCUT2D eigenvalue weighted by Gasteiger charge is 2.03. The maximum Gasteiger partial charge on any atom is -0.00857 e. The van der Waals surface area contributed by atoms with Crippen molar-refractivity contribution in [2.75, 3.05) is 0 Å². The van der Waals surface area contributed by atoms with E-state index < -0.39 is 0 Å². The largest absolute Gasteiger partial charge is 0.0769 e. The Morgan fingerprint density at radius 1 is 1.00 bits per heavy atom. The first-order chi connectivity index (χ1) is 6.27. The molecule has 0 unspecified atom stereocenters. The summed E-state index contributed by atoms with van der Waals surface area (Å²) >= 11 is 0. The third-order valence-corrected chi connectivity index (χ3v) is 2.68. The van der Waals surface area contributed by atoms with Crippen molar-refractivity contribution in [1.29, 1.82) is 0 Å². The summed E-state index contributed by atoms with van der Waals surface area (Å²) in [6, 6.07) is 8.60. The first-order valence-corrected chi connectivity index (χ1v) is 4.71. The quantitative estimate of drug-likeness (QED) is 0.558. The molecule has 0 amide bonds. The molecule has 0 bridgehead atoms. The van der Waals surface area contributed by atoms with Crippen molar-refractivity contribution in [3.05, 3.63) is 52.6 Å². The van der Waals surface area contributed by atoms with Crippen LogP contribution in [0.5, 0.6) is 0 Å². The van der Waals surface area contributed by atoms with Crippen LogP contribution in [0.2, 0.25) is 0 Å². The number of hydrogen-bond acceptors (Lipinski definition) is 0. The second kappa shape index (κ2) is 3.21. The van der Waals surface area contributed by atoms with E-state index in [1.165, 1.54) is 22.3 Å². The number of fused-ring (bicyclic) bond motifs is 1. The highest BCUT2D eigenvalue weighted by atomic mass is 14.1. The number of allylic oxidation sites excluding steroid dienone is 3. The Labute approximate surface area is 79.6 Å². The van der Waals surface area contributed by atoms with Crippen LogP contribution in [0.4, 0.5) is 0 Å². The average Bonchev–Trinajstić information content (AvgIpc) is 2.28. The van der Waals surface area contributed by atoms with Gasteiger partial charge in [0.15, 0.2) is 0 Å². The summed E-state index contributed by atoms with van der Waals surface area (Å²) in [7, 11) is 0. The van der Waals surface area contributed by atoms with Crippen LogP contribution >= 0.6 is 0 Å². The highest BCUT2D eigenvalue weighted by Crippen LogP contribution is 2.22. The van der Waals surface area contributed by atoms with Crippen molar-refractivity contribution >= 4 is 6.08 Å². The molecule has 1 aliphatic carbocycles. The van der Waals surface area contributed by atoms with E-state index in [1.54, 1.807) is 0 Å². The highest BCUT2D eigenvalue weighted by molar-refractivity contribution is 5.62. The second-order valence-corrected chi connectivity index (χ2v) is 3.62. The van der Waals surface area contributed by atoms with E-state index in [2.05, 4.69) is 50.3 Å². The van der Waals surface area contributed by atoms with Gasteiger partial charge in [0.05, 0.1) is 0 Å². The van der Waals surface area contributed by atoms with Gasteiger partial charge in [-0.05, 0) is 37.0 Å². The zero-order valence-corrected chi connectivity index (χ0v) is 8.17. The standard InChI is InChI=1S/C13H14/c1-10-7-8-12-5-3-4-6-13(12)9-11(10)2/h3-7,9H,8H2,1-2H3.